The van der Waals surface area contributed by atoms with Crippen molar-refractivity contribution >= 4 is 13.2 Å². The Morgan fingerprint density at radius 3 is 1.96 bits per heavy atom. The number of aryl methyl sites for hydroxylation is 1. The van der Waals surface area contributed by atoms with Crippen molar-refractivity contribution in [2.45, 2.75) is 98.8 Å². The molecule has 1 unspecified atom stereocenters. The third-order valence-corrected chi connectivity index (χ3v) is 6.81. The molecular weight excluding hydrogens is 355 g/mol. The van der Waals surface area contributed by atoms with E-state index in [1.807, 2.05) is 13.0 Å². The zero-order valence-electron chi connectivity index (χ0n) is 19.0. The molecule has 0 aliphatic rings. The number of hydrogen-bond donors (Lipinski definition) is 2. The highest BCUT2D eigenvalue weighted by Gasteiger charge is 2.45. The lowest BCUT2D eigenvalue weighted by Crippen LogP contribution is -2.29. The van der Waals surface area contributed by atoms with Crippen LogP contribution in [-0.2, 0) is 15.4 Å². The normalized spacial score (nSPS) is 14.5. The Balaban J connectivity index is 3.27. The second-order valence-electron chi connectivity index (χ2n) is 9.94. The third-order valence-electron chi connectivity index (χ3n) is 5.31. The summed E-state index contributed by atoms with van der Waals surface area (Å²) in [6.07, 6.45) is 4.36. The minimum atomic E-state index is -3.63. The van der Waals surface area contributed by atoms with E-state index in [2.05, 4.69) is 61.5 Å². The van der Waals surface area contributed by atoms with Gasteiger partial charge in [0.25, 0.3) is 0 Å². The van der Waals surface area contributed by atoms with Crippen LogP contribution in [0.4, 0.5) is 0 Å². The molecule has 1 aromatic carbocycles. The van der Waals surface area contributed by atoms with Crippen molar-refractivity contribution in [1.29, 1.82) is 0 Å². The Labute approximate surface area is 168 Å². The van der Waals surface area contributed by atoms with E-state index in [0.29, 0.717) is 17.8 Å². The molecule has 0 saturated heterocycles. The lowest BCUT2D eigenvalue weighted by atomic mass is 9.79. The highest BCUT2D eigenvalue weighted by Crippen LogP contribution is 2.53. The first-order valence-corrected chi connectivity index (χ1v) is 12.0. The monoisotopic (exact) mass is 397 g/mol. The van der Waals surface area contributed by atoms with Gasteiger partial charge in [-0.05, 0) is 47.3 Å². The Morgan fingerprint density at radius 2 is 1.52 bits per heavy atom. The van der Waals surface area contributed by atoms with Gasteiger partial charge < -0.3 is 0 Å². The van der Waals surface area contributed by atoms with E-state index in [9.17, 15) is 9.79 Å². The molecule has 3 nitrogen and oxygen atoms in total. The number of unbranched alkanes of at least 4 members (excludes halogenated alkanes) is 1. The molecule has 2 N–H and O–H groups in total. The van der Waals surface area contributed by atoms with Crippen LogP contribution in [-0.4, -0.2) is 16.4 Å². The molecule has 0 aliphatic heterocycles. The molecule has 27 heavy (non-hydrogen) atoms. The molecule has 156 valence electrons. The van der Waals surface area contributed by atoms with Crippen LogP contribution in [0.25, 0.3) is 0 Å². The summed E-state index contributed by atoms with van der Waals surface area (Å²) in [4.78, 5) is 21.9. The largest absolute Gasteiger partial charge is 0.443 e. The molecule has 0 fully saturated rings. The first kappa shape index (κ1) is 24.6. The summed E-state index contributed by atoms with van der Waals surface area (Å²) in [5.74, 6) is 0.372. The van der Waals surface area contributed by atoms with Gasteiger partial charge in [0, 0.05) is 5.56 Å². The van der Waals surface area contributed by atoms with Crippen LogP contribution >= 0.6 is 7.94 Å². The van der Waals surface area contributed by atoms with Crippen molar-refractivity contribution in [1.82, 2.24) is 0 Å². The fourth-order valence-corrected chi connectivity index (χ4v) is 5.15. The van der Waals surface area contributed by atoms with E-state index < -0.39 is 7.94 Å². The maximum Gasteiger partial charge on any atom is 0.443 e. The van der Waals surface area contributed by atoms with Gasteiger partial charge in [-0.3, -0.25) is 0 Å². The number of benzene rings is 1. The Bertz CT molecular complexity index is 609. The smallest absolute Gasteiger partial charge is 0.188 e. The van der Waals surface area contributed by atoms with Crippen LogP contribution in [0.1, 0.15) is 97.8 Å². The fourth-order valence-electron chi connectivity index (χ4n) is 3.52. The predicted molar refractivity (Wildman–Crippen MR) is 119 cm³/mol. The van der Waals surface area contributed by atoms with Gasteiger partial charge in [0.05, 0.1) is 0 Å². The van der Waals surface area contributed by atoms with E-state index in [4.69, 9.17) is 4.52 Å². The molecule has 0 heterocycles. The molecule has 1 atom stereocenters. The zero-order chi connectivity index (χ0) is 21.0. The maximum absolute atomic E-state index is 11.0. The lowest BCUT2D eigenvalue weighted by Gasteiger charge is -2.29. The molecule has 0 saturated carbocycles. The molecule has 0 amide bonds. The predicted octanol–water partition coefficient (Wildman–Crippen LogP) is 6.20. The second-order valence-corrected chi connectivity index (χ2v) is 11.8. The molecule has 0 aromatic heterocycles. The van der Waals surface area contributed by atoms with E-state index >= 15 is 0 Å². The first-order chi connectivity index (χ1) is 12.2. The van der Waals surface area contributed by atoms with Crippen LogP contribution < -0.4 is 5.30 Å². The summed E-state index contributed by atoms with van der Waals surface area (Å²) < 4.78 is 5.80. The lowest BCUT2D eigenvalue weighted by molar-refractivity contribution is 0.190. The van der Waals surface area contributed by atoms with Crippen molar-refractivity contribution in [3.63, 3.8) is 0 Å². The van der Waals surface area contributed by atoms with Crippen molar-refractivity contribution in [2.75, 3.05) is 6.61 Å². The van der Waals surface area contributed by atoms with E-state index in [0.717, 1.165) is 36.8 Å². The van der Waals surface area contributed by atoms with Crippen molar-refractivity contribution in [3.05, 3.63) is 28.8 Å². The zero-order valence-corrected chi connectivity index (χ0v) is 19.9. The van der Waals surface area contributed by atoms with Gasteiger partial charge in [-0.25, -0.2) is 0 Å². The summed E-state index contributed by atoms with van der Waals surface area (Å²) in [5.41, 5.74) is 3.10. The van der Waals surface area contributed by atoms with Crippen LogP contribution in [0, 0.1) is 12.8 Å². The molecule has 4 heteroatoms. The highest BCUT2D eigenvalue weighted by molar-refractivity contribution is 7.67. The fraction of sp³-hybridized carbons (Fsp3) is 0.739. The van der Waals surface area contributed by atoms with Crippen molar-refractivity contribution in [2.24, 2.45) is 5.92 Å². The molecule has 0 radical (unpaired) electrons. The number of rotatable bonds is 8. The molecule has 1 rings (SSSR count). The molecular formula is C23H42O3P+. The quantitative estimate of drug-likeness (QED) is 0.514. The van der Waals surface area contributed by atoms with Gasteiger partial charge in [-0.2, -0.15) is 14.3 Å². The highest BCUT2D eigenvalue weighted by atomic mass is 31.2. The van der Waals surface area contributed by atoms with Gasteiger partial charge >= 0.3 is 7.94 Å². The summed E-state index contributed by atoms with van der Waals surface area (Å²) in [6.45, 7) is 19.7. The van der Waals surface area contributed by atoms with Gasteiger partial charge in [0.1, 0.15) is 6.61 Å². The van der Waals surface area contributed by atoms with Crippen LogP contribution in [0.5, 0.6) is 0 Å². The Hall–Kier alpha value is -0.470. The minimum absolute atomic E-state index is 0.00292. The molecule has 0 bridgehead atoms. The van der Waals surface area contributed by atoms with Crippen molar-refractivity contribution < 1.29 is 14.3 Å². The third kappa shape index (κ3) is 6.82. The summed E-state index contributed by atoms with van der Waals surface area (Å²) >= 11 is 0. The van der Waals surface area contributed by atoms with Gasteiger partial charge in [0.2, 0.25) is 0 Å². The Morgan fingerprint density at radius 1 is 0.963 bits per heavy atom. The van der Waals surface area contributed by atoms with Gasteiger partial charge in [-0.1, -0.05) is 80.7 Å². The maximum atomic E-state index is 11.0. The van der Waals surface area contributed by atoms with Gasteiger partial charge in [-0.15, -0.1) is 0 Å². The topological polar surface area (TPSA) is 49.7 Å². The second kappa shape index (κ2) is 9.35. The molecule has 0 spiro atoms. The van der Waals surface area contributed by atoms with E-state index in [1.54, 1.807) is 0 Å². The van der Waals surface area contributed by atoms with E-state index in [-0.39, 0.29) is 10.8 Å². The van der Waals surface area contributed by atoms with Crippen LogP contribution in [0.3, 0.4) is 0 Å². The van der Waals surface area contributed by atoms with Crippen LogP contribution in [0.2, 0.25) is 0 Å². The SMILES string of the molecule is CCCCC(CC)CO[P+](O)(O)c1cc(C)c(C(C)(C)C)cc1C(C)(C)C. The molecule has 1 aromatic rings. The van der Waals surface area contributed by atoms with Gasteiger partial charge in [0.15, 0.2) is 5.30 Å². The first-order valence-electron chi connectivity index (χ1n) is 10.4. The summed E-state index contributed by atoms with van der Waals surface area (Å²) in [7, 11) is -3.63. The molecule has 0 aliphatic carbocycles. The number of hydrogen-bond acceptors (Lipinski definition) is 3. The van der Waals surface area contributed by atoms with Crippen molar-refractivity contribution in [3.8, 4) is 0 Å². The Kier molecular flexibility index (Phi) is 8.51. The summed E-state index contributed by atoms with van der Waals surface area (Å²) in [6, 6.07) is 4.10. The van der Waals surface area contributed by atoms with Crippen LogP contribution in [0.15, 0.2) is 12.1 Å². The summed E-state index contributed by atoms with van der Waals surface area (Å²) in [5, 5.41) is 0.575. The van der Waals surface area contributed by atoms with E-state index in [1.165, 1.54) is 5.56 Å². The standard InChI is InChI=1S/C23H42O3P/c1-10-12-13-18(11-2)16-26-27(24,25)21-14-17(3)19(22(4,5)6)15-20(21)23(7,8)9/h14-15,18,24-25H,10-13,16H2,1-9H3/q+1. The minimum Gasteiger partial charge on any atom is -0.188 e. The average molecular weight is 398 g/mol. The average Bonchev–Trinajstić information content (AvgIpc) is 2.52.